The fourth-order valence-electron chi connectivity index (χ4n) is 2.60. The van der Waals surface area contributed by atoms with Crippen LogP contribution >= 0.6 is 15.9 Å². The van der Waals surface area contributed by atoms with Crippen molar-refractivity contribution in [3.8, 4) is 5.75 Å². The number of hydrogen-bond acceptors (Lipinski definition) is 2. The highest BCUT2D eigenvalue weighted by Gasteiger charge is 2.26. The Bertz CT molecular complexity index is 403. The number of likely N-dealkylation sites (tertiary alicyclic amines) is 1. The van der Waals surface area contributed by atoms with Crippen LogP contribution in [0.2, 0.25) is 0 Å². The van der Waals surface area contributed by atoms with Crippen molar-refractivity contribution >= 4 is 15.9 Å². The van der Waals surface area contributed by atoms with E-state index in [4.69, 9.17) is 0 Å². The first-order valence-electron chi connectivity index (χ1n) is 6.16. The van der Waals surface area contributed by atoms with E-state index in [0.717, 1.165) is 29.7 Å². The van der Waals surface area contributed by atoms with Crippen molar-refractivity contribution in [2.45, 2.75) is 33.2 Å². The van der Waals surface area contributed by atoms with Crippen molar-refractivity contribution in [1.82, 2.24) is 4.90 Å². The molecule has 0 bridgehead atoms. The van der Waals surface area contributed by atoms with E-state index in [-0.39, 0.29) is 0 Å². The lowest BCUT2D eigenvalue weighted by Gasteiger charge is -2.38. The van der Waals surface area contributed by atoms with Gasteiger partial charge in [0, 0.05) is 23.1 Å². The molecule has 2 rings (SSSR count). The molecule has 0 aliphatic carbocycles. The van der Waals surface area contributed by atoms with Crippen LogP contribution in [0.25, 0.3) is 0 Å². The molecule has 1 heterocycles. The molecular weight excluding hydrogens is 278 g/mol. The van der Waals surface area contributed by atoms with E-state index in [2.05, 4.69) is 34.7 Å². The molecule has 3 heteroatoms. The molecule has 1 aromatic carbocycles. The van der Waals surface area contributed by atoms with Gasteiger partial charge in [0.1, 0.15) is 5.75 Å². The van der Waals surface area contributed by atoms with E-state index >= 15 is 0 Å². The zero-order valence-electron chi connectivity index (χ0n) is 10.5. The topological polar surface area (TPSA) is 23.5 Å². The number of aromatic hydroxyl groups is 1. The van der Waals surface area contributed by atoms with Crippen LogP contribution in [-0.4, -0.2) is 23.1 Å². The van der Waals surface area contributed by atoms with Crippen LogP contribution in [0, 0.1) is 5.41 Å². The van der Waals surface area contributed by atoms with Crippen LogP contribution in [-0.2, 0) is 6.54 Å². The zero-order valence-corrected chi connectivity index (χ0v) is 12.1. The van der Waals surface area contributed by atoms with Crippen molar-refractivity contribution in [1.29, 1.82) is 0 Å². The second-order valence-electron chi connectivity index (χ2n) is 5.75. The summed E-state index contributed by atoms with van der Waals surface area (Å²) in [6.07, 6.45) is 2.55. The SMILES string of the molecule is CC1(C)CCCN(Cc2cc(Br)ccc2O)C1. The van der Waals surface area contributed by atoms with Crippen molar-refractivity contribution in [2.75, 3.05) is 13.1 Å². The van der Waals surface area contributed by atoms with Gasteiger partial charge in [-0.05, 0) is 43.0 Å². The molecule has 0 spiro atoms. The highest BCUT2D eigenvalue weighted by Crippen LogP contribution is 2.31. The van der Waals surface area contributed by atoms with Gasteiger partial charge in [-0.25, -0.2) is 0 Å². The molecule has 1 fully saturated rings. The van der Waals surface area contributed by atoms with Gasteiger partial charge in [-0.3, -0.25) is 4.90 Å². The Kier molecular flexibility index (Phi) is 3.79. The number of benzene rings is 1. The Morgan fingerprint density at radius 3 is 2.88 bits per heavy atom. The average molecular weight is 298 g/mol. The summed E-state index contributed by atoms with van der Waals surface area (Å²) < 4.78 is 1.03. The van der Waals surface area contributed by atoms with Gasteiger partial charge in [0.05, 0.1) is 0 Å². The smallest absolute Gasteiger partial charge is 0.120 e. The molecule has 0 amide bonds. The van der Waals surface area contributed by atoms with Crippen molar-refractivity contribution in [3.05, 3.63) is 28.2 Å². The molecule has 0 radical (unpaired) electrons. The summed E-state index contributed by atoms with van der Waals surface area (Å²) >= 11 is 3.45. The highest BCUT2D eigenvalue weighted by molar-refractivity contribution is 9.10. The average Bonchev–Trinajstić information content (AvgIpc) is 2.22. The van der Waals surface area contributed by atoms with Crippen LogP contribution in [0.15, 0.2) is 22.7 Å². The molecule has 0 saturated carbocycles. The maximum atomic E-state index is 9.85. The molecule has 1 aromatic rings. The molecule has 17 heavy (non-hydrogen) atoms. The third-order valence-electron chi connectivity index (χ3n) is 3.42. The predicted octanol–water partition coefficient (Wildman–Crippen LogP) is 3.78. The van der Waals surface area contributed by atoms with Crippen LogP contribution in [0.1, 0.15) is 32.3 Å². The first kappa shape index (κ1) is 12.9. The Morgan fingerprint density at radius 2 is 2.18 bits per heavy atom. The molecule has 0 unspecified atom stereocenters. The summed E-state index contributed by atoms with van der Waals surface area (Å²) in [6, 6.07) is 5.64. The van der Waals surface area contributed by atoms with E-state index in [0.29, 0.717) is 11.2 Å². The van der Waals surface area contributed by atoms with E-state index in [1.165, 1.54) is 12.8 Å². The molecule has 0 atom stereocenters. The monoisotopic (exact) mass is 297 g/mol. The van der Waals surface area contributed by atoms with Gasteiger partial charge < -0.3 is 5.11 Å². The number of hydrogen-bond donors (Lipinski definition) is 1. The minimum atomic E-state index is 0.400. The fourth-order valence-corrected chi connectivity index (χ4v) is 3.01. The van der Waals surface area contributed by atoms with Gasteiger partial charge in [-0.15, -0.1) is 0 Å². The normalized spacial score (nSPS) is 20.4. The molecular formula is C14H20BrNO. The van der Waals surface area contributed by atoms with E-state index < -0.39 is 0 Å². The Balaban J connectivity index is 2.07. The van der Waals surface area contributed by atoms with Crippen molar-refractivity contribution < 1.29 is 5.11 Å². The van der Waals surface area contributed by atoms with Gasteiger partial charge in [0.25, 0.3) is 0 Å². The van der Waals surface area contributed by atoms with Gasteiger partial charge in [-0.1, -0.05) is 29.8 Å². The Hall–Kier alpha value is -0.540. The van der Waals surface area contributed by atoms with Crippen molar-refractivity contribution in [3.63, 3.8) is 0 Å². The quantitative estimate of drug-likeness (QED) is 0.898. The third-order valence-corrected chi connectivity index (χ3v) is 3.91. The summed E-state index contributed by atoms with van der Waals surface area (Å²) in [6.45, 7) is 7.73. The fraction of sp³-hybridized carbons (Fsp3) is 0.571. The summed E-state index contributed by atoms with van der Waals surface area (Å²) in [5.41, 5.74) is 1.41. The summed E-state index contributed by atoms with van der Waals surface area (Å²) in [7, 11) is 0. The van der Waals surface area contributed by atoms with Crippen LogP contribution < -0.4 is 0 Å². The summed E-state index contributed by atoms with van der Waals surface area (Å²) in [5, 5.41) is 9.85. The largest absolute Gasteiger partial charge is 0.508 e. The minimum Gasteiger partial charge on any atom is -0.508 e. The van der Waals surface area contributed by atoms with E-state index in [1.54, 1.807) is 6.07 Å². The first-order valence-corrected chi connectivity index (χ1v) is 6.95. The Morgan fingerprint density at radius 1 is 1.41 bits per heavy atom. The highest BCUT2D eigenvalue weighted by atomic mass is 79.9. The maximum Gasteiger partial charge on any atom is 0.120 e. The maximum absolute atomic E-state index is 9.85. The van der Waals surface area contributed by atoms with Crippen LogP contribution in [0.3, 0.4) is 0 Å². The zero-order chi connectivity index (χ0) is 12.5. The van der Waals surface area contributed by atoms with E-state index in [9.17, 15) is 5.11 Å². The summed E-state index contributed by atoms with van der Waals surface area (Å²) in [5.74, 6) is 0.400. The number of piperidine rings is 1. The molecule has 1 N–H and O–H groups in total. The molecule has 1 aliphatic rings. The van der Waals surface area contributed by atoms with Crippen molar-refractivity contribution in [2.24, 2.45) is 5.41 Å². The second-order valence-corrected chi connectivity index (χ2v) is 6.67. The van der Waals surface area contributed by atoms with Gasteiger partial charge in [0.15, 0.2) is 0 Å². The number of phenolic OH excluding ortho intramolecular Hbond substituents is 1. The molecule has 2 nitrogen and oxygen atoms in total. The third kappa shape index (κ3) is 3.46. The second kappa shape index (κ2) is 4.99. The van der Waals surface area contributed by atoms with Gasteiger partial charge >= 0.3 is 0 Å². The lowest BCUT2D eigenvalue weighted by atomic mass is 9.84. The van der Waals surface area contributed by atoms with E-state index in [1.807, 2.05) is 12.1 Å². The molecule has 1 aliphatic heterocycles. The number of nitrogens with zero attached hydrogens (tertiary/aromatic N) is 1. The lowest BCUT2D eigenvalue weighted by Crippen LogP contribution is -2.39. The number of halogens is 1. The predicted molar refractivity (Wildman–Crippen MR) is 74.1 cm³/mol. The van der Waals surface area contributed by atoms with Gasteiger partial charge in [0.2, 0.25) is 0 Å². The first-order chi connectivity index (χ1) is 7.96. The molecule has 94 valence electrons. The number of rotatable bonds is 2. The van der Waals surface area contributed by atoms with Crippen LogP contribution in [0.5, 0.6) is 5.75 Å². The molecule has 0 aromatic heterocycles. The Labute approximate surface area is 112 Å². The minimum absolute atomic E-state index is 0.400. The standard InChI is InChI=1S/C14H20BrNO/c1-14(2)6-3-7-16(10-14)9-11-8-12(15)4-5-13(11)17/h4-5,8,17H,3,6-7,9-10H2,1-2H3. The van der Waals surface area contributed by atoms with Crippen LogP contribution in [0.4, 0.5) is 0 Å². The number of phenols is 1. The molecule has 1 saturated heterocycles. The summed E-state index contributed by atoms with van der Waals surface area (Å²) in [4.78, 5) is 2.44. The lowest BCUT2D eigenvalue weighted by molar-refractivity contribution is 0.111. The van der Waals surface area contributed by atoms with Gasteiger partial charge in [-0.2, -0.15) is 0 Å².